The summed E-state index contributed by atoms with van der Waals surface area (Å²) in [5.41, 5.74) is 2.13. The number of imidazole rings is 1. The summed E-state index contributed by atoms with van der Waals surface area (Å²) in [4.78, 5) is 4.45. The third kappa shape index (κ3) is 1.21. The second-order valence-corrected chi connectivity index (χ2v) is 4.76. The maximum Gasteiger partial charge on any atom is 0.145 e. The Morgan fingerprint density at radius 3 is 2.78 bits per heavy atom. The Bertz CT molecular complexity index is 893. The Morgan fingerprint density at radius 1 is 0.944 bits per heavy atom. The Morgan fingerprint density at radius 2 is 1.83 bits per heavy atom. The maximum atomic E-state index is 6.12. The zero-order valence-corrected chi connectivity index (χ0v) is 10.2. The first-order chi connectivity index (χ1) is 8.84. The molecule has 0 spiro atoms. The summed E-state index contributed by atoms with van der Waals surface area (Å²) in [5.74, 6) is 0. The Balaban J connectivity index is 2.44. The number of hydrogen-bond acceptors (Lipinski definition) is 1. The first-order valence-corrected chi connectivity index (χ1v) is 6.15. The van der Waals surface area contributed by atoms with Gasteiger partial charge in [-0.2, -0.15) is 0 Å². The van der Waals surface area contributed by atoms with Crippen LogP contribution in [0.5, 0.6) is 0 Å². The lowest BCUT2D eigenvalue weighted by Gasteiger charge is -2.08. The second-order valence-electron chi connectivity index (χ2n) is 4.33. The third-order valence-electron chi connectivity index (χ3n) is 3.32. The van der Waals surface area contributed by atoms with Crippen molar-refractivity contribution in [2.24, 2.45) is 0 Å². The Kier molecular flexibility index (Phi) is 1.91. The number of para-hydroxylation sites is 1. The molecule has 86 valence electrons. The molecule has 0 saturated heterocycles. The summed E-state index contributed by atoms with van der Waals surface area (Å²) in [6, 6.07) is 14.3. The highest BCUT2D eigenvalue weighted by Gasteiger charge is 2.08. The molecule has 0 bridgehead atoms. The minimum Gasteiger partial charge on any atom is -0.299 e. The molecule has 2 aromatic carbocycles. The number of rotatable bonds is 0. The first-order valence-electron chi connectivity index (χ1n) is 5.77. The molecule has 0 fully saturated rings. The van der Waals surface area contributed by atoms with Gasteiger partial charge in [0, 0.05) is 28.2 Å². The number of nitrogens with zero attached hydrogens (tertiary/aromatic N) is 2. The molecule has 18 heavy (non-hydrogen) atoms. The molecule has 2 nitrogen and oxygen atoms in total. The van der Waals surface area contributed by atoms with Crippen molar-refractivity contribution >= 4 is 38.9 Å². The van der Waals surface area contributed by atoms with Crippen LogP contribution in [0.25, 0.3) is 27.3 Å². The molecule has 0 atom stereocenters. The summed E-state index contributed by atoms with van der Waals surface area (Å²) >= 11 is 6.12. The fraction of sp³-hybridized carbons (Fsp3) is 0. The molecule has 0 aliphatic rings. The number of pyridine rings is 1. The van der Waals surface area contributed by atoms with E-state index in [2.05, 4.69) is 21.5 Å². The molecule has 4 rings (SSSR count). The van der Waals surface area contributed by atoms with E-state index in [0.29, 0.717) is 0 Å². The van der Waals surface area contributed by atoms with Gasteiger partial charge in [0.05, 0.1) is 5.52 Å². The predicted molar refractivity (Wildman–Crippen MR) is 75.2 cm³/mol. The van der Waals surface area contributed by atoms with Crippen LogP contribution in [0.2, 0.25) is 5.02 Å². The van der Waals surface area contributed by atoms with Crippen molar-refractivity contribution in [1.29, 1.82) is 0 Å². The van der Waals surface area contributed by atoms with Crippen molar-refractivity contribution < 1.29 is 0 Å². The van der Waals surface area contributed by atoms with E-state index in [1.54, 1.807) is 0 Å². The molecular formula is C15H9ClN2. The molecular weight excluding hydrogens is 244 g/mol. The number of hydrogen-bond donors (Lipinski definition) is 0. The molecule has 0 radical (unpaired) electrons. The number of fused-ring (bicyclic) bond motifs is 6. The maximum absolute atomic E-state index is 6.12. The summed E-state index contributed by atoms with van der Waals surface area (Å²) in [6.07, 6.45) is 3.82. The molecule has 0 amide bonds. The number of aromatic nitrogens is 2. The van der Waals surface area contributed by atoms with Crippen molar-refractivity contribution in [3.8, 4) is 0 Å². The largest absolute Gasteiger partial charge is 0.299 e. The average molecular weight is 253 g/mol. The van der Waals surface area contributed by atoms with Crippen LogP contribution < -0.4 is 0 Å². The third-order valence-corrected chi connectivity index (χ3v) is 3.55. The number of halogens is 1. The van der Waals surface area contributed by atoms with E-state index in [0.717, 1.165) is 27.0 Å². The summed E-state index contributed by atoms with van der Waals surface area (Å²) < 4.78 is 2.12. The van der Waals surface area contributed by atoms with Crippen LogP contribution in [-0.2, 0) is 0 Å². The fourth-order valence-electron chi connectivity index (χ4n) is 2.54. The van der Waals surface area contributed by atoms with E-state index < -0.39 is 0 Å². The van der Waals surface area contributed by atoms with E-state index in [1.165, 1.54) is 5.39 Å². The zero-order chi connectivity index (χ0) is 12.1. The number of benzene rings is 2. The van der Waals surface area contributed by atoms with Gasteiger partial charge in [-0.25, -0.2) is 4.98 Å². The molecule has 2 heterocycles. The topological polar surface area (TPSA) is 17.3 Å². The lowest BCUT2D eigenvalue weighted by molar-refractivity contribution is 1.27. The lowest BCUT2D eigenvalue weighted by atomic mass is 10.1. The van der Waals surface area contributed by atoms with Crippen molar-refractivity contribution in [1.82, 2.24) is 9.38 Å². The molecule has 3 heteroatoms. The SMILES string of the molecule is Clc1ccc2c(c1)c1ccccc1n1ccnc21. The van der Waals surface area contributed by atoms with Gasteiger partial charge in [-0.05, 0) is 29.7 Å². The molecule has 0 unspecified atom stereocenters. The highest BCUT2D eigenvalue weighted by atomic mass is 35.5. The van der Waals surface area contributed by atoms with Crippen LogP contribution in [0.15, 0.2) is 54.9 Å². The average Bonchev–Trinajstić information content (AvgIpc) is 2.88. The van der Waals surface area contributed by atoms with Gasteiger partial charge in [0.1, 0.15) is 5.65 Å². The monoisotopic (exact) mass is 252 g/mol. The van der Waals surface area contributed by atoms with Gasteiger partial charge in [-0.1, -0.05) is 29.8 Å². The first kappa shape index (κ1) is 9.92. The van der Waals surface area contributed by atoms with Crippen molar-refractivity contribution in [3.05, 3.63) is 59.9 Å². The van der Waals surface area contributed by atoms with E-state index in [4.69, 9.17) is 11.6 Å². The second kappa shape index (κ2) is 3.47. The van der Waals surface area contributed by atoms with Crippen LogP contribution in [0.4, 0.5) is 0 Å². The Hall–Kier alpha value is -2.06. The van der Waals surface area contributed by atoms with Crippen LogP contribution in [0.3, 0.4) is 0 Å². The van der Waals surface area contributed by atoms with Gasteiger partial charge < -0.3 is 0 Å². The normalized spacial score (nSPS) is 11.6. The molecule has 0 N–H and O–H groups in total. The summed E-state index contributed by atoms with van der Waals surface area (Å²) in [5, 5.41) is 4.23. The molecule has 2 aromatic heterocycles. The van der Waals surface area contributed by atoms with Gasteiger partial charge in [-0.15, -0.1) is 0 Å². The van der Waals surface area contributed by atoms with Crippen LogP contribution in [-0.4, -0.2) is 9.38 Å². The van der Waals surface area contributed by atoms with E-state index in [1.807, 2.05) is 42.7 Å². The summed E-state index contributed by atoms with van der Waals surface area (Å²) in [7, 11) is 0. The van der Waals surface area contributed by atoms with Crippen molar-refractivity contribution in [2.75, 3.05) is 0 Å². The fourth-order valence-corrected chi connectivity index (χ4v) is 2.71. The minimum atomic E-state index is 0.753. The predicted octanol–water partition coefficient (Wildman–Crippen LogP) is 4.29. The van der Waals surface area contributed by atoms with Gasteiger partial charge in [0.15, 0.2) is 0 Å². The summed E-state index contributed by atoms with van der Waals surface area (Å²) in [6.45, 7) is 0. The van der Waals surface area contributed by atoms with Crippen LogP contribution >= 0.6 is 11.6 Å². The molecule has 0 saturated carbocycles. The zero-order valence-electron chi connectivity index (χ0n) is 9.47. The smallest absolute Gasteiger partial charge is 0.145 e. The van der Waals surface area contributed by atoms with E-state index in [9.17, 15) is 0 Å². The highest BCUT2D eigenvalue weighted by molar-refractivity contribution is 6.32. The van der Waals surface area contributed by atoms with Gasteiger partial charge in [0.2, 0.25) is 0 Å². The van der Waals surface area contributed by atoms with Gasteiger partial charge >= 0.3 is 0 Å². The molecule has 4 aromatic rings. The van der Waals surface area contributed by atoms with Crippen molar-refractivity contribution in [2.45, 2.75) is 0 Å². The van der Waals surface area contributed by atoms with Crippen molar-refractivity contribution in [3.63, 3.8) is 0 Å². The van der Waals surface area contributed by atoms with Crippen LogP contribution in [0, 0.1) is 0 Å². The van der Waals surface area contributed by atoms with E-state index in [-0.39, 0.29) is 0 Å². The molecule has 0 aliphatic carbocycles. The van der Waals surface area contributed by atoms with Gasteiger partial charge in [-0.3, -0.25) is 4.40 Å². The van der Waals surface area contributed by atoms with Gasteiger partial charge in [0.25, 0.3) is 0 Å². The minimum absolute atomic E-state index is 0.753. The quantitative estimate of drug-likeness (QED) is 0.427. The highest BCUT2D eigenvalue weighted by Crippen LogP contribution is 2.30. The Labute approximate surface area is 108 Å². The standard InChI is InChI=1S/C15H9ClN2/c16-10-5-6-12-13(9-10)11-3-1-2-4-14(11)18-8-7-17-15(12)18/h1-9H. The van der Waals surface area contributed by atoms with Crippen LogP contribution in [0.1, 0.15) is 0 Å². The van der Waals surface area contributed by atoms with E-state index >= 15 is 0 Å². The lowest BCUT2D eigenvalue weighted by Crippen LogP contribution is -1.89. The molecule has 0 aliphatic heterocycles.